The van der Waals surface area contributed by atoms with Gasteiger partial charge in [-0.25, -0.2) is 4.98 Å². The molecule has 0 saturated heterocycles. The Morgan fingerprint density at radius 2 is 1.29 bits per heavy atom. The summed E-state index contributed by atoms with van der Waals surface area (Å²) >= 11 is 0. The minimum absolute atomic E-state index is 1.08. The van der Waals surface area contributed by atoms with E-state index in [9.17, 15) is 0 Å². The van der Waals surface area contributed by atoms with Crippen molar-refractivity contribution in [2.24, 2.45) is 0 Å². The van der Waals surface area contributed by atoms with Gasteiger partial charge >= 0.3 is 0 Å². The Bertz CT molecular complexity index is 822. The summed E-state index contributed by atoms with van der Waals surface area (Å²) in [5, 5.41) is 0. The van der Waals surface area contributed by atoms with Crippen molar-refractivity contribution in [2.45, 2.75) is 39.7 Å². The second kappa shape index (κ2) is 6.40. The summed E-state index contributed by atoms with van der Waals surface area (Å²) in [6.07, 6.45) is 3.09. The molecule has 2 aromatic carbocycles. The number of nitrogens with zero attached hydrogens (tertiary/aromatic N) is 2. The van der Waals surface area contributed by atoms with Crippen LogP contribution in [0.1, 0.15) is 11.1 Å². The maximum atomic E-state index is 4.78. The summed E-state index contributed by atoms with van der Waals surface area (Å²) in [5.41, 5.74) is 7.31. The predicted molar refractivity (Wildman–Crippen MR) is 106 cm³/mol. The second-order valence-electron chi connectivity index (χ2n) is 7.86. The first kappa shape index (κ1) is 16.7. The van der Waals surface area contributed by atoms with Gasteiger partial charge in [-0.05, 0) is 13.8 Å². The topological polar surface area (TPSA) is 17.8 Å². The van der Waals surface area contributed by atoms with Crippen LogP contribution in [0.2, 0.25) is 19.6 Å². The third-order valence-electron chi connectivity index (χ3n) is 4.13. The van der Waals surface area contributed by atoms with Crippen molar-refractivity contribution < 1.29 is 0 Å². The highest BCUT2D eigenvalue weighted by Crippen LogP contribution is 2.32. The highest BCUT2D eigenvalue weighted by molar-refractivity contribution is 6.75. The van der Waals surface area contributed by atoms with E-state index < -0.39 is 8.07 Å². The molecule has 0 bridgehead atoms. The van der Waals surface area contributed by atoms with E-state index in [0.29, 0.717) is 0 Å². The Hall–Kier alpha value is -2.13. The highest BCUT2D eigenvalue weighted by atomic mass is 28.3. The van der Waals surface area contributed by atoms with E-state index in [-0.39, 0.29) is 0 Å². The summed E-state index contributed by atoms with van der Waals surface area (Å²) in [4.78, 5) is 4.78. The zero-order valence-corrected chi connectivity index (χ0v) is 16.3. The maximum absolute atomic E-state index is 4.78. The molecule has 0 aliphatic carbocycles. The third kappa shape index (κ3) is 3.67. The average Bonchev–Trinajstić information content (AvgIpc) is 2.90. The molecule has 0 amide bonds. The van der Waals surface area contributed by atoms with Crippen LogP contribution in [0.4, 0.5) is 0 Å². The SMILES string of the molecule is Cc1ccc(-c2ncn(C[Si](C)(C)C)c2-c2ccc(C)cc2)cc1. The smallest absolute Gasteiger partial charge is 0.0963 e. The van der Waals surface area contributed by atoms with Crippen molar-refractivity contribution in [1.29, 1.82) is 0 Å². The van der Waals surface area contributed by atoms with Gasteiger partial charge < -0.3 is 4.57 Å². The van der Waals surface area contributed by atoms with Crippen molar-refractivity contribution in [3.05, 3.63) is 66.0 Å². The van der Waals surface area contributed by atoms with Gasteiger partial charge in [0.25, 0.3) is 0 Å². The summed E-state index contributed by atoms with van der Waals surface area (Å²) in [6, 6.07) is 17.5. The van der Waals surface area contributed by atoms with Gasteiger partial charge in [0, 0.05) is 17.3 Å². The molecule has 0 aliphatic heterocycles. The molecule has 0 atom stereocenters. The molecule has 0 spiro atoms. The van der Waals surface area contributed by atoms with E-state index in [1.54, 1.807) is 0 Å². The third-order valence-corrected chi connectivity index (χ3v) is 5.42. The summed E-state index contributed by atoms with van der Waals surface area (Å²) in [5.74, 6) is 0. The van der Waals surface area contributed by atoms with Gasteiger partial charge in [0.15, 0.2) is 0 Å². The van der Waals surface area contributed by atoms with Crippen LogP contribution in [0.5, 0.6) is 0 Å². The van der Waals surface area contributed by atoms with Crippen LogP contribution in [0, 0.1) is 13.8 Å². The van der Waals surface area contributed by atoms with Gasteiger partial charge in [-0.1, -0.05) is 79.3 Å². The lowest BCUT2D eigenvalue weighted by Crippen LogP contribution is -2.28. The fraction of sp³-hybridized carbons (Fsp3) is 0.286. The van der Waals surface area contributed by atoms with E-state index in [1.165, 1.54) is 27.9 Å². The van der Waals surface area contributed by atoms with Crippen molar-refractivity contribution in [3.8, 4) is 22.5 Å². The minimum Gasteiger partial charge on any atom is -0.333 e. The molecular formula is C21H26N2Si. The van der Waals surface area contributed by atoms with E-state index in [0.717, 1.165) is 11.9 Å². The van der Waals surface area contributed by atoms with Crippen LogP contribution in [0.25, 0.3) is 22.5 Å². The van der Waals surface area contributed by atoms with Crippen LogP contribution in [0.3, 0.4) is 0 Å². The number of benzene rings is 2. The fourth-order valence-corrected chi connectivity index (χ4v) is 4.21. The predicted octanol–water partition coefficient (Wildman–Crippen LogP) is 5.71. The van der Waals surface area contributed by atoms with Crippen molar-refractivity contribution >= 4 is 8.07 Å². The van der Waals surface area contributed by atoms with Crippen LogP contribution in [-0.2, 0) is 6.17 Å². The molecule has 3 rings (SSSR count). The average molecular weight is 335 g/mol. The summed E-state index contributed by atoms with van der Waals surface area (Å²) in [7, 11) is -1.25. The lowest BCUT2D eigenvalue weighted by atomic mass is 10.0. The number of imidazole rings is 1. The molecule has 0 unspecified atom stereocenters. The Balaban J connectivity index is 2.15. The number of hydrogen-bond acceptors (Lipinski definition) is 1. The molecule has 2 nitrogen and oxygen atoms in total. The molecular weight excluding hydrogens is 308 g/mol. The molecule has 124 valence electrons. The first-order valence-corrected chi connectivity index (χ1v) is 12.2. The number of aromatic nitrogens is 2. The molecule has 1 heterocycles. The molecule has 0 fully saturated rings. The molecule has 0 aliphatic rings. The maximum Gasteiger partial charge on any atom is 0.0963 e. The fourth-order valence-electron chi connectivity index (χ4n) is 2.95. The molecule has 24 heavy (non-hydrogen) atoms. The van der Waals surface area contributed by atoms with Crippen molar-refractivity contribution in [2.75, 3.05) is 0 Å². The monoisotopic (exact) mass is 334 g/mol. The number of hydrogen-bond donors (Lipinski definition) is 0. The lowest BCUT2D eigenvalue weighted by Gasteiger charge is -2.19. The summed E-state index contributed by atoms with van der Waals surface area (Å²) < 4.78 is 2.35. The van der Waals surface area contributed by atoms with Crippen LogP contribution in [0.15, 0.2) is 54.9 Å². The standard InChI is InChI=1S/C21H26N2Si/c1-16-6-10-18(11-7-16)20-21(19-12-8-17(2)9-13-19)23(14-22-20)15-24(3,4)5/h6-14H,15H2,1-5H3. The van der Waals surface area contributed by atoms with Crippen molar-refractivity contribution in [3.63, 3.8) is 0 Å². The largest absolute Gasteiger partial charge is 0.333 e. The van der Waals surface area contributed by atoms with Crippen LogP contribution < -0.4 is 0 Å². The van der Waals surface area contributed by atoms with E-state index in [2.05, 4.69) is 86.6 Å². The first-order valence-electron chi connectivity index (χ1n) is 8.53. The van der Waals surface area contributed by atoms with Crippen molar-refractivity contribution in [1.82, 2.24) is 9.55 Å². The number of rotatable bonds is 4. The Labute approximate surface area is 146 Å². The normalized spacial score (nSPS) is 11.7. The lowest BCUT2D eigenvalue weighted by molar-refractivity contribution is 0.859. The number of aryl methyl sites for hydroxylation is 2. The first-order chi connectivity index (χ1) is 11.3. The highest BCUT2D eigenvalue weighted by Gasteiger charge is 2.20. The molecule has 3 aromatic rings. The molecule has 0 saturated carbocycles. The van der Waals surface area contributed by atoms with Gasteiger partial charge in [-0.3, -0.25) is 0 Å². The molecule has 0 N–H and O–H groups in total. The van der Waals surface area contributed by atoms with Crippen LogP contribution >= 0.6 is 0 Å². The van der Waals surface area contributed by atoms with Gasteiger partial charge in [-0.2, -0.15) is 0 Å². The molecule has 1 aromatic heterocycles. The Kier molecular flexibility index (Phi) is 4.46. The second-order valence-corrected chi connectivity index (χ2v) is 13.3. The Morgan fingerprint density at radius 3 is 1.79 bits per heavy atom. The quantitative estimate of drug-likeness (QED) is 0.559. The summed E-state index contributed by atoms with van der Waals surface area (Å²) in [6.45, 7) is 11.4. The zero-order chi connectivity index (χ0) is 17.3. The van der Waals surface area contributed by atoms with E-state index in [4.69, 9.17) is 4.98 Å². The Morgan fingerprint density at radius 1 is 0.792 bits per heavy atom. The van der Waals surface area contributed by atoms with Crippen LogP contribution in [-0.4, -0.2) is 17.6 Å². The zero-order valence-electron chi connectivity index (χ0n) is 15.3. The van der Waals surface area contributed by atoms with Gasteiger partial charge in [0.2, 0.25) is 0 Å². The van der Waals surface area contributed by atoms with E-state index in [1.807, 2.05) is 6.33 Å². The van der Waals surface area contributed by atoms with Gasteiger partial charge in [0.1, 0.15) is 0 Å². The van der Waals surface area contributed by atoms with Gasteiger partial charge in [-0.15, -0.1) is 0 Å². The van der Waals surface area contributed by atoms with E-state index >= 15 is 0 Å². The van der Waals surface area contributed by atoms with Gasteiger partial charge in [0.05, 0.1) is 25.8 Å². The molecule has 3 heteroatoms. The molecule has 0 radical (unpaired) electrons. The minimum atomic E-state index is -1.25.